The molecule has 0 saturated carbocycles. The van der Waals surface area contributed by atoms with Crippen LogP contribution in [0, 0.1) is 23.4 Å². The van der Waals surface area contributed by atoms with Gasteiger partial charge in [0, 0.05) is 59.0 Å². The van der Waals surface area contributed by atoms with E-state index >= 15 is 4.39 Å². The number of hydrogen-bond donors (Lipinski definition) is 2. The van der Waals surface area contributed by atoms with Crippen LogP contribution in [0.25, 0.3) is 33.6 Å². The van der Waals surface area contributed by atoms with Crippen LogP contribution in [-0.4, -0.2) is 56.9 Å². The highest BCUT2D eigenvalue weighted by atomic mass is 32.1. The second kappa shape index (κ2) is 14.7. The Balaban J connectivity index is 1.16. The highest BCUT2D eigenvalue weighted by Crippen LogP contribution is 2.37. The van der Waals surface area contributed by atoms with Gasteiger partial charge in [-0.2, -0.15) is 13.2 Å². The van der Waals surface area contributed by atoms with Crippen molar-refractivity contribution < 1.29 is 45.8 Å². The lowest BCUT2D eigenvalue weighted by Crippen LogP contribution is -2.59. The summed E-state index contributed by atoms with van der Waals surface area (Å²) in [6, 6.07) is 14.0. The number of amides is 2. The second-order valence-electron chi connectivity index (χ2n) is 13.9. The Kier molecular flexibility index (Phi) is 10.4. The average Bonchev–Trinajstić information content (AvgIpc) is 3.60. The van der Waals surface area contributed by atoms with Crippen molar-refractivity contribution in [3.8, 4) is 33.6 Å². The zero-order chi connectivity index (χ0) is 39.1. The summed E-state index contributed by atoms with van der Waals surface area (Å²) in [5.41, 5.74) is -1.11. The number of nitrogens with zero attached hydrogens (tertiary/aromatic N) is 3. The number of carboxylic acid groups (broad SMARTS) is 1. The van der Waals surface area contributed by atoms with E-state index in [1.807, 2.05) is 26.8 Å². The monoisotopic (exact) mass is 766 g/mol. The Labute approximate surface area is 309 Å². The van der Waals surface area contributed by atoms with Crippen molar-refractivity contribution in [2.75, 3.05) is 13.1 Å². The predicted molar refractivity (Wildman–Crippen MR) is 189 cm³/mol. The predicted octanol–water partition coefficient (Wildman–Crippen LogP) is 8.16. The molecule has 15 heteroatoms. The lowest BCUT2D eigenvalue weighted by atomic mass is 9.95. The maximum Gasteiger partial charge on any atom is 0.419 e. The molecule has 1 atom stereocenters. The van der Waals surface area contributed by atoms with Crippen LogP contribution in [0.1, 0.15) is 46.4 Å². The van der Waals surface area contributed by atoms with Crippen LogP contribution in [0.15, 0.2) is 79.1 Å². The summed E-state index contributed by atoms with van der Waals surface area (Å²) in [4.78, 5) is 49.6. The van der Waals surface area contributed by atoms with Gasteiger partial charge in [0.05, 0.1) is 16.4 Å². The van der Waals surface area contributed by atoms with Gasteiger partial charge in [0.25, 0.3) is 5.91 Å². The first kappa shape index (κ1) is 38.2. The molecule has 54 heavy (non-hydrogen) atoms. The van der Waals surface area contributed by atoms with Crippen molar-refractivity contribution in [2.24, 2.45) is 5.92 Å². The number of aliphatic carboxylic acids is 1. The first-order valence-electron chi connectivity index (χ1n) is 16.6. The lowest BCUT2D eigenvalue weighted by molar-refractivity contribution is -0.153. The van der Waals surface area contributed by atoms with Gasteiger partial charge in [-0.15, -0.1) is 11.3 Å². The number of likely N-dealkylation sites (tertiary alicyclic amines) is 1. The number of carbonyl (C=O) groups is 3. The number of carboxylic acids is 1. The highest BCUT2D eigenvalue weighted by molar-refractivity contribution is 7.14. The molecule has 1 aliphatic heterocycles. The molecule has 2 amide bonds. The third kappa shape index (κ3) is 8.00. The molecule has 1 fully saturated rings. The SMILES string of the molecule is CC(C)(C)c1ccc(C(=O)N[C@@H](Cc2ccc(-c3ncc(-c4ccc(-c5ccc(C(F)(F)F)c(F)c5F)cc4F)cn3)cc2)C(=O)N2CC(C(=O)O)C2)s1. The third-order valence-corrected chi connectivity index (χ3v) is 10.5. The molecular formula is C39H32F6N4O4S. The number of aromatic nitrogens is 2. The van der Waals surface area contributed by atoms with E-state index in [4.69, 9.17) is 0 Å². The van der Waals surface area contributed by atoms with E-state index in [0.717, 1.165) is 17.0 Å². The first-order valence-corrected chi connectivity index (χ1v) is 17.4. The maximum absolute atomic E-state index is 15.2. The van der Waals surface area contributed by atoms with E-state index in [1.165, 1.54) is 40.8 Å². The third-order valence-electron chi connectivity index (χ3n) is 9.00. The van der Waals surface area contributed by atoms with E-state index in [-0.39, 0.29) is 47.4 Å². The van der Waals surface area contributed by atoms with Crippen LogP contribution in [-0.2, 0) is 27.6 Å². The molecule has 5 aromatic rings. The van der Waals surface area contributed by atoms with Crippen LogP contribution < -0.4 is 5.32 Å². The van der Waals surface area contributed by atoms with Crippen molar-refractivity contribution in [3.05, 3.63) is 117 Å². The van der Waals surface area contributed by atoms with Crippen LogP contribution >= 0.6 is 11.3 Å². The fourth-order valence-corrected chi connectivity index (χ4v) is 6.84. The summed E-state index contributed by atoms with van der Waals surface area (Å²) >= 11 is 1.33. The Morgan fingerprint density at radius 3 is 2.06 bits per heavy atom. The summed E-state index contributed by atoms with van der Waals surface area (Å²) in [7, 11) is 0. The molecule has 6 rings (SSSR count). The number of carbonyl (C=O) groups excluding carboxylic acids is 2. The summed E-state index contributed by atoms with van der Waals surface area (Å²) in [5, 5.41) is 12.1. The largest absolute Gasteiger partial charge is 0.481 e. The van der Waals surface area contributed by atoms with Crippen molar-refractivity contribution in [2.45, 2.75) is 44.8 Å². The second-order valence-corrected chi connectivity index (χ2v) is 15.0. The minimum Gasteiger partial charge on any atom is -0.481 e. The highest BCUT2D eigenvalue weighted by Gasteiger charge is 2.39. The van der Waals surface area contributed by atoms with Crippen LogP contribution in [0.3, 0.4) is 0 Å². The smallest absolute Gasteiger partial charge is 0.419 e. The number of hydrogen-bond acceptors (Lipinski definition) is 6. The van der Waals surface area contributed by atoms with Gasteiger partial charge in [0.2, 0.25) is 5.91 Å². The number of rotatable bonds is 9. The number of halogens is 6. The van der Waals surface area contributed by atoms with Crippen LogP contribution in [0.2, 0.25) is 0 Å². The summed E-state index contributed by atoms with van der Waals surface area (Å²) in [6.45, 7) is 6.19. The van der Waals surface area contributed by atoms with Gasteiger partial charge >= 0.3 is 12.1 Å². The van der Waals surface area contributed by atoms with E-state index < -0.39 is 64.5 Å². The average molecular weight is 767 g/mol. The van der Waals surface area contributed by atoms with Gasteiger partial charge in [-0.3, -0.25) is 14.4 Å². The summed E-state index contributed by atoms with van der Waals surface area (Å²) in [5.74, 6) is -6.88. The fourth-order valence-electron chi connectivity index (χ4n) is 5.88. The number of benzene rings is 3. The van der Waals surface area contributed by atoms with E-state index in [2.05, 4.69) is 15.3 Å². The molecule has 8 nitrogen and oxygen atoms in total. The molecule has 3 heterocycles. The molecule has 1 aliphatic rings. The maximum atomic E-state index is 15.2. The van der Waals surface area contributed by atoms with Gasteiger partial charge in [0.15, 0.2) is 17.5 Å². The molecule has 0 bridgehead atoms. The van der Waals surface area contributed by atoms with Crippen molar-refractivity contribution in [3.63, 3.8) is 0 Å². The molecule has 0 unspecified atom stereocenters. The molecule has 1 saturated heterocycles. The molecule has 0 aliphatic carbocycles. The van der Waals surface area contributed by atoms with E-state index in [0.29, 0.717) is 22.1 Å². The zero-order valence-corrected chi connectivity index (χ0v) is 29.8. The topological polar surface area (TPSA) is 112 Å². The number of alkyl halides is 3. The quantitative estimate of drug-likeness (QED) is 0.147. The van der Waals surface area contributed by atoms with Crippen LogP contribution in [0.4, 0.5) is 26.3 Å². The minimum atomic E-state index is -5.10. The van der Waals surface area contributed by atoms with E-state index in [9.17, 15) is 41.4 Å². The minimum absolute atomic E-state index is 0.0141. The van der Waals surface area contributed by atoms with Gasteiger partial charge < -0.3 is 15.3 Å². The van der Waals surface area contributed by atoms with Crippen molar-refractivity contribution in [1.82, 2.24) is 20.2 Å². The molecular weight excluding hydrogens is 735 g/mol. The zero-order valence-electron chi connectivity index (χ0n) is 29.0. The normalized spacial score (nSPS) is 14.1. The Morgan fingerprint density at radius 1 is 0.852 bits per heavy atom. The first-order chi connectivity index (χ1) is 25.4. The van der Waals surface area contributed by atoms with Gasteiger partial charge in [-0.25, -0.2) is 23.1 Å². The summed E-state index contributed by atoms with van der Waals surface area (Å²) in [6.07, 6.45) is -2.27. The van der Waals surface area contributed by atoms with Gasteiger partial charge in [-0.05, 0) is 40.8 Å². The van der Waals surface area contributed by atoms with Gasteiger partial charge in [-0.1, -0.05) is 63.2 Å². The Bertz CT molecular complexity index is 2230. The van der Waals surface area contributed by atoms with Crippen molar-refractivity contribution >= 4 is 29.1 Å². The summed E-state index contributed by atoms with van der Waals surface area (Å²) < 4.78 is 82.7. The van der Waals surface area contributed by atoms with E-state index in [1.54, 1.807) is 30.3 Å². The molecule has 280 valence electrons. The molecule has 2 aromatic heterocycles. The molecule has 0 radical (unpaired) electrons. The molecule has 0 spiro atoms. The van der Waals surface area contributed by atoms with Gasteiger partial charge in [0.1, 0.15) is 11.9 Å². The van der Waals surface area contributed by atoms with Crippen molar-refractivity contribution in [1.29, 1.82) is 0 Å². The van der Waals surface area contributed by atoms with Crippen LogP contribution in [0.5, 0.6) is 0 Å². The Hall–Kier alpha value is -5.57. The lowest BCUT2D eigenvalue weighted by Gasteiger charge is -2.38. The molecule has 2 N–H and O–H groups in total. The standard InChI is InChI=1S/C39H32F6N4O4S/c1-38(2,3)31-13-12-30(54-31)35(50)48-29(36(51)49-18-24(19-49)37(52)53)14-20-4-6-21(7-5-20)34-46-16-23(17-47-34)25-9-8-22(15-28(25)40)26-10-11-27(39(43,44)45)33(42)32(26)41/h4-13,15-17,24,29H,14,18-19H2,1-3H3,(H,48,50)(H,52,53)/t29-/m0/s1. The fraction of sp³-hybridized carbons (Fsp3) is 0.256. The molecule has 3 aromatic carbocycles. The number of nitrogens with one attached hydrogen (secondary N) is 1. The Morgan fingerprint density at radius 2 is 1.48 bits per heavy atom. The number of thiophene rings is 1.